The summed E-state index contributed by atoms with van der Waals surface area (Å²) in [5.74, 6) is 0. The smallest absolute Gasteiger partial charge is 0.144 e. The third-order valence-electron chi connectivity index (χ3n) is 10.9. The summed E-state index contributed by atoms with van der Waals surface area (Å²) in [4.78, 5) is 2.35. The van der Waals surface area contributed by atoms with E-state index in [1.807, 2.05) is 17.4 Å². The van der Waals surface area contributed by atoms with Crippen molar-refractivity contribution in [2.75, 3.05) is 4.90 Å². The molecular formula is C52H33NOS. The number of nitrogens with zero attached hydrogens (tertiary/aromatic N) is 1. The lowest BCUT2D eigenvalue weighted by molar-refractivity contribution is 0.673. The van der Waals surface area contributed by atoms with Gasteiger partial charge in [0.1, 0.15) is 11.2 Å². The number of hydrogen-bond acceptors (Lipinski definition) is 3. The van der Waals surface area contributed by atoms with Gasteiger partial charge in [0.2, 0.25) is 0 Å². The molecule has 11 rings (SSSR count). The molecule has 0 aliphatic carbocycles. The Morgan fingerprint density at radius 2 is 0.927 bits per heavy atom. The van der Waals surface area contributed by atoms with Gasteiger partial charge in [-0.2, -0.15) is 0 Å². The van der Waals surface area contributed by atoms with E-state index in [-0.39, 0.29) is 0 Å². The number of para-hydroxylation sites is 1. The summed E-state index contributed by atoms with van der Waals surface area (Å²) in [5.41, 5.74) is 12.4. The van der Waals surface area contributed by atoms with E-state index in [4.69, 9.17) is 4.42 Å². The molecule has 0 spiro atoms. The lowest BCUT2D eigenvalue weighted by Gasteiger charge is -2.26. The van der Waals surface area contributed by atoms with Crippen molar-refractivity contribution in [1.82, 2.24) is 0 Å². The van der Waals surface area contributed by atoms with Crippen molar-refractivity contribution in [3.63, 3.8) is 0 Å². The average molecular weight is 720 g/mol. The molecule has 55 heavy (non-hydrogen) atoms. The van der Waals surface area contributed by atoms with Gasteiger partial charge in [-0.25, -0.2) is 0 Å². The zero-order valence-electron chi connectivity index (χ0n) is 29.8. The second-order valence-electron chi connectivity index (χ2n) is 14.1. The van der Waals surface area contributed by atoms with Gasteiger partial charge in [-0.15, -0.1) is 11.3 Å². The van der Waals surface area contributed by atoms with E-state index in [1.165, 1.54) is 64.3 Å². The molecular weight excluding hydrogens is 687 g/mol. The van der Waals surface area contributed by atoms with E-state index < -0.39 is 0 Å². The Morgan fingerprint density at radius 1 is 0.382 bits per heavy atom. The first-order valence-corrected chi connectivity index (χ1v) is 19.5. The van der Waals surface area contributed by atoms with Crippen molar-refractivity contribution >= 4 is 81.3 Å². The number of benzene rings is 9. The Hall–Kier alpha value is -6.94. The standard InChI is InChI=1S/C52H33NOS/c1-2-10-34(11-3-1)36-20-26-41(27-21-36)53(42-28-22-37(23-29-42)40-19-18-35-12-4-5-13-39(35)32-40)43-30-24-38(25-31-43)46-33-47-44-14-6-8-16-48(44)54-51(47)50-45-15-7-9-17-49(45)55-52(46)50/h1-33H. The van der Waals surface area contributed by atoms with Crippen LogP contribution in [0.15, 0.2) is 205 Å². The van der Waals surface area contributed by atoms with Crippen LogP contribution in [0.5, 0.6) is 0 Å². The topological polar surface area (TPSA) is 16.4 Å². The van der Waals surface area contributed by atoms with Crippen LogP contribution in [0.3, 0.4) is 0 Å². The Kier molecular flexibility index (Phi) is 7.39. The molecule has 0 aliphatic rings. The SMILES string of the molecule is c1ccc(-c2ccc(N(c3ccc(-c4ccc5ccccc5c4)cc3)c3ccc(-c4cc5c6ccccc6oc5c5c4sc4ccccc45)cc3)cc2)cc1. The highest BCUT2D eigenvalue weighted by atomic mass is 32.1. The summed E-state index contributed by atoms with van der Waals surface area (Å²) >= 11 is 1.84. The summed E-state index contributed by atoms with van der Waals surface area (Å²) in [6.07, 6.45) is 0. The van der Waals surface area contributed by atoms with E-state index in [9.17, 15) is 0 Å². The highest BCUT2D eigenvalue weighted by Crippen LogP contribution is 2.47. The maximum absolute atomic E-state index is 6.56. The van der Waals surface area contributed by atoms with Crippen molar-refractivity contribution < 1.29 is 4.42 Å². The molecule has 2 aromatic heterocycles. The van der Waals surface area contributed by atoms with Crippen molar-refractivity contribution in [3.05, 3.63) is 200 Å². The third kappa shape index (κ3) is 5.40. The van der Waals surface area contributed by atoms with E-state index in [0.717, 1.165) is 39.0 Å². The van der Waals surface area contributed by atoms with Gasteiger partial charge in [-0.05, 0) is 99.3 Å². The Labute approximate surface area is 322 Å². The van der Waals surface area contributed by atoms with Crippen LogP contribution in [0.2, 0.25) is 0 Å². The average Bonchev–Trinajstić information content (AvgIpc) is 3.83. The van der Waals surface area contributed by atoms with Crippen molar-refractivity contribution in [2.45, 2.75) is 0 Å². The number of rotatable bonds is 6. The quantitative estimate of drug-likeness (QED) is 0.170. The summed E-state index contributed by atoms with van der Waals surface area (Å²) in [6.45, 7) is 0. The largest absolute Gasteiger partial charge is 0.455 e. The van der Waals surface area contributed by atoms with Crippen LogP contribution in [0, 0.1) is 0 Å². The first kappa shape index (κ1) is 31.6. The number of anilines is 3. The van der Waals surface area contributed by atoms with Crippen LogP contribution >= 0.6 is 11.3 Å². The summed E-state index contributed by atoms with van der Waals surface area (Å²) in [6, 6.07) is 72.1. The van der Waals surface area contributed by atoms with Gasteiger partial charge in [0.15, 0.2) is 0 Å². The highest BCUT2D eigenvalue weighted by molar-refractivity contribution is 7.26. The van der Waals surface area contributed by atoms with Gasteiger partial charge >= 0.3 is 0 Å². The predicted molar refractivity (Wildman–Crippen MR) is 235 cm³/mol. The molecule has 2 nitrogen and oxygen atoms in total. The van der Waals surface area contributed by atoms with Crippen molar-refractivity contribution in [1.29, 1.82) is 0 Å². The van der Waals surface area contributed by atoms with Crippen molar-refractivity contribution in [2.24, 2.45) is 0 Å². The van der Waals surface area contributed by atoms with Crippen LogP contribution in [0.25, 0.3) is 86.3 Å². The summed E-state index contributed by atoms with van der Waals surface area (Å²) in [5, 5.41) is 7.23. The minimum absolute atomic E-state index is 0.919. The molecule has 9 aromatic carbocycles. The molecule has 11 aromatic rings. The van der Waals surface area contributed by atoms with Crippen molar-refractivity contribution in [3.8, 4) is 33.4 Å². The second kappa shape index (κ2) is 12.9. The number of thiophene rings is 1. The Balaban J connectivity index is 1.03. The molecule has 0 radical (unpaired) electrons. The van der Waals surface area contributed by atoms with Crippen LogP contribution in [-0.4, -0.2) is 0 Å². The molecule has 0 bridgehead atoms. The Bertz CT molecular complexity index is 3170. The molecule has 0 amide bonds. The van der Waals surface area contributed by atoms with Gasteiger partial charge in [-0.3, -0.25) is 0 Å². The Morgan fingerprint density at radius 3 is 1.65 bits per heavy atom. The molecule has 2 heterocycles. The molecule has 0 unspecified atom stereocenters. The van der Waals surface area contributed by atoms with E-state index in [2.05, 4.69) is 199 Å². The second-order valence-corrected chi connectivity index (χ2v) is 15.2. The normalized spacial score (nSPS) is 11.6. The minimum Gasteiger partial charge on any atom is -0.455 e. The molecule has 0 atom stereocenters. The minimum atomic E-state index is 0.919. The molecule has 0 saturated carbocycles. The fourth-order valence-corrected chi connectivity index (χ4v) is 9.36. The predicted octanol–water partition coefficient (Wildman–Crippen LogP) is 15.6. The van der Waals surface area contributed by atoms with E-state index in [1.54, 1.807) is 0 Å². The molecule has 0 N–H and O–H groups in total. The number of hydrogen-bond donors (Lipinski definition) is 0. The number of furan rings is 1. The fraction of sp³-hybridized carbons (Fsp3) is 0. The molecule has 0 fully saturated rings. The van der Waals surface area contributed by atoms with Crippen LogP contribution in [0.4, 0.5) is 17.1 Å². The zero-order valence-corrected chi connectivity index (χ0v) is 30.6. The summed E-state index contributed by atoms with van der Waals surface area (Å²) < 4.78 is 9.08. The lowest BCUT2D eigenvalue weighted by Crippen LogP contribution is -2.09. The summed E-state index contributed by atoms with van der Waals surface area (Å²) in [7, 11) is 0. The maximum atomic E-state index is 6.56. The third-order valence-corrected chi connectivity index (χ3v) is 12.1. The van der Waals surface area contributed by atoms with Crippen LogP contribution < -0.4 is 4.90 Å². The fourth-order valence-electron chi connectivity index (χ4n) is 8.12. The molecule has 0 saturated heterocycles. The van der Waals surface area contributed by atoms with E-state index in [0.29, 0.717) is 0 Å². The van der Waals surface area contributed by atoms with Gasteiger partial charge in [0, 0.05) is 53.6 Å². The van der Waals surface area contributed by atoms with Crippen LogP contribution in [0.1, 0.15) is 0 Å². The van der Waals surface area contributed by atoms with Crippen LogP contribution in [-0.2, 0) is 0 Å². The zero-order chi connectivity index (χ0) is 36.3. The molecule has 3 heteroatoms. The molecule has 0 aliphatic heterocycles. The van der Waals surface area contributed by atoms with Gasteiger partial charge in [0.25, 0.3) is 0 Å². The monoisotopic (exact) mass is 719 g/mol. The first-order chi connectivity index (χ1) is 27.2. The van der Waals surface area contributed by atoms with Gasteiger partial charge in [-0.1, -0.05) is 140 Å². The van der Waals surface area contributed by atoms with Gasteiger partial charge < -0.3 is 9.32 Å². The molecule has 258 valence electrons. The maximum Gasteiger partial charge on any atom is 0.144 e. The highest BCUT2D eigenvalue weighted by Gasteiger charge is 2.20. The lowest BCUT2D eigenvalue weighted by atomic mass is 9.98. The van der Waals surface area contributed by atoms with Gasteiger partial charge in [0.05, 0.1) is 0 Å². The van der Waals surface area contributed by atoms with E-state index >= 15 is 0 Å². The number of fused-ring (bicyclic) bond motifs is 8. The first-order valence-electron chi connectivity index (χ1n) is 18.7.